The van der Waals surface area contributed by atoms with E-state index in [-0.39, 0.29) is 17.6 Å². The van der Waals surface area contributed by atoms with Crippen molar-refractivity contribution in [1.82, 2.24) is 9.97 Å². The fraction of sp³-hybridized carbons (Fsp3) is 0.312. The SMILES string of the molecule is COC(=O)c1c(Oc2ccc(F)nc2C)ncc(C(F)(F)C(F)(F)F)c1C. The third-order valence-corrected chi connectivity index (χ3v) is 3.60. The molecule has 0 atom stereocenters. The maximum Gasteiger partial charge on any atom is 0.458 e. The van der Waals surface area contributed by atoms with Crippen molar-refractivity contribution in [2.45, 2.75) is 25.9 Å². The first kappa shape index (κ1) is 20.5. The first-order valence-corrected chi connectivity index (χ1v) is 7.24. The van der Waals surface area contributed by atoms with Crippen LogP contribution in [-0.4, -0.2) is 29.2 Å². The third-order valence-electron chi connectivity index (χ3n) is 3.60. The summed E-state index contributed by atoms with van der Waals surface area (Å²) in [7, 11) is 0.908. The van der Waals surface area contributed by atoms with E-state index in [9.17, 15) is 31.1 Å². The second-order valence-corrected chi connectivity index (χ2v) is 5.36. The van der Waals surface area contributed by atoms with Crippen LogP contribution in [0.3, 0.4) is 0 Å². The lowest BCUT2D eigenvalue weighted by molar-refractivity contribution is -0.289. The van der Waals surface area contributed by atoms with Gasteiger partial charge in [0.25, 0.3) is 0 Å². The number of halogens is 6. The average Bonchev–Trinajstić information content (AvgIpc) is 2.55. The molecule has 0 aliphatic carbocycles. The topological polar surface area (TPSA) is 61.3 Å². The molecule has 0 aliphatic heterocycles. The molecule has 0 radical (unpaired) electrons. The fourth-order valence-corrected chi connectivity index (χ4v) is 2.20. The number of methoxy groups -OCH3 is 1. The van der Waals surface area contributed by atoms with Crippen LogP contribution < -0.4 is 4.74 Å². The van der Waals surface area contributed by atoms with Crippen molar-refractivity contribution in [2.75, 3.05) is 7.11 Å². The summed E-state index contributed by atoms with van der Waals surface area (Å²) < 4.78 is 88.3. The number of carbonyl (C=O) groups is 1. The molecule has 0 bridgehead atoms. The molecule has 0 spiro atoms. The molecule has 5 nitrogen and oxygen atoms in total. The highest BCUT2D eigenvalue weighted by Gasteiger charge is 2.60. The molecule has 2 heterocycles. The minimum absolute atomic E-state index is 0.0370. The van der Waals surface area contributed by atoms with Gasteiger partial charge in [0.05, 0.1) is 18.4 Å². The molecule has 0 unspecified atom stereocenters. The summed E-state index contributed by atoms with van der Waals surface area (Å²) in [4.78, 5) is 18.9. The molecule has 0 fully saturated rings. The van der Waals surface area contributed by atoms with Crippen molar-refractivity contribution in [1.29, 1.82) is 0 Å². The normalized spacial score (nSPS) is 12.0. The van der Waals surface area contributed by atoms with E-state index in [1.54, 1.807) is 0 Å². The van der Waals surface area contributed by atoms with Gasteiger partial charge in [-0.15, -0.1) is 0 Å². The van der Waals surface area contributed by atoms with Crippen LogP contribution in [0.25, 0.3) is 0 Å². The van der Waals surface area contributed by atoms with E-state index in [1.165, 1.54) is 6.92 Å². The molecule has 0 aliphatic rings. The molecule has 0 aromatic carbocycles. The number of alkyl halides is 5. The number of carbonyl (C=O) groups excluding carboxylic acids is 1. The van der Waals surface area contributed by atoms with Gasteiger partial charge < -0.3 is 9.47 Å². The van der Waals surface area contributed by atoms with Crippen LogP contribution in [0.15, 0.2) is 18.3 Å². The van der Waals surface area contributed by atoms with E-state index in [4.69, 9.17) is 4.74 Å². The van der Waals surface area contributed by atoms with E-state index in [2.05, 4.69) is 14.7 Å². The van der Waals surface area contributed by atoms with Gasteiger partial charge in [-0.05, 0) is 31.5 Å². The molecule has 27 heavy (non-hydrogen) atoms. The largest absolute Gasteiger partial charge is 0.465 e. The lowest BCUT2D eigenvalue weighted by atomic mass is 10.00. The van der Waals surface area contributed by atoms with E-state index < -0.39 is 46.6 Å². The monoisotopic (exact) mass is 394 g/mol. The van der Waals surface area contributed by atoms with E-state index in [1.807, 2.05) is 0 Å². The summed E-state index contributed by atoms with van der Waals surface area (Å²) in [5, 5.41) is 0. The predicted molar refractivity (Wildman–Crippen MR) is 79.3 cm³/mol. The minimum Gasteiger partial charge on any atom is -0.465 e. The molecule has 2 rings (SSSR count). The number of aromatic nitrogens is 2. The highest BCUT2D eigenvalue weighted by atomic mass is 19.4. The highest BCUT2D eigenvalue weighted by Crippen LogP contribution is 2.46. The molecule has 0 amide bonds. The van der Waals surface area contributed by atoms with Crippen LogP contribution in [-0.2, 0) is 10.7 Å². The molecule has 2 aromatic rings. The Morgan fingerprint density at radius 1 is 1.11 bits per heavy atom. The van der Waals surface area contributed by atoms with E-state index in [0.717, 1.165) is 26.2 Å². The zero-order chi connectivity index (χ0) is 20.6. The van der Waals surface area contributed by atoms with Crippen molar-refractivity contribution in [3.8, 4) is 11.6 Å². The van der Waals surface area contributed by atoms with Gasteiger partial charge in [-0.1, -0.05) is 0 Å². The van der Waals surface area contributed by atoms with Crippen molar-refractivity contribution in [3.63, 3.8) is 0 Å². The average molecular weight is 394 g/mol. The summed E-state index contributed by atoms with van der Waals surface area (Å²) in [5.74, 6) is -7.97. The standard InChI is InChI=1S/C16H12F6N2O3/c1-7-9(15(18,19)16(20,21)22)6-23-13(12(7)14(25)26-3)27-10-4-5-11(17)24-8(10)2/h4-6H,1-3H3. The Morgan fingerprint density at radius 3 is 2.26 bits per heavy atom. The van der Waals surface area contributed by atoms with Gasteiger partial charge in [-0.25, -0.2) is 14.8 Å². The Morgan fingerprint density at radius 2 is 1.74 bits per heavy atom. The van der Waals surface area contributed by atoms with Crippen LogP contribution in [0.2, 0.25) is 0 Å². The Hall–Kier alpha value is -2.85. The first-order chi connectivity index (χ1) is 12.4. The number of hydrogen-bond acceptors (Lipinski definition) is 5. The molecule has 0 N–H and O–H groups in total. The summed E-state index contributed by atoms with van der Waals surface area (Å²) in [6.07, 6.45) is -5.64. The Bertz CT molecular complexity index is 883. The van der Waals surface area contributed by atoms with Gasteiger partial charge >= 0.3 is 18.1 Å². The summed E-state index contributed by atoms with van der Waals surface area (Å²) in [6.45, 7) is 2.24. The van der Waals surface area contributed by atoms with Gasteiger partial charge in [0.15, 0.2) is 5.75 Å². The Kier molecular flexibility index (Phi) is 5.34. The summed E-state index contributed by atoms with van der Waals surface area (Å²) >= 11 is 0. The molecule has 146 valence electrons. The number of hydrogen-bond donors (Lipinski definition) is 0. The van der Waals surface area contributed by atoms with Gasteiger partial charge in [-0.2, -0.15) is 26.3 Å². The molecule has 0 saturated heterocycles. The number of aryl methyl sites for hydroxylation is 1. The predicted octanol–water partition coefficient (Wildman–Crippen LogP) is 4.47. The van der Waals surface area contributed by atoms with E-state index >= 15 is 0 Å². The number of pyridine rings is 2. The maximum absolute atomic E-state index is 13.7. The van der Waals surface area contributed by atoms with Crippen LogP contribution >= 0.6 is 0 Å². The number of nitrogens with zero attached hydrogens (tertiary/aromatic N) is 2. The number of ether oxygens (including phenoxy) is 2. The van der Waals surface area contributed by atoms with Crippen LogP contribution in [0, 0.1) is 19.8 Å². The van der Waals surface area contributed by atoms with Crippen LogP contribution in [0.1, 0.15) is 27.2 Å². The zero-order valence-corrected chi connectivity index (χ0v) is 14.1. The second kappa shape index (κ2) is 7.05. The third kappa shape index (κ3) is 3.81. The van der Waals surface area contributed by atoms with E-state index in [0.29, 0.717) is 0 Å². The fourth-order valence-electron chi connectivity index (χ4n) is 2.20. The lowest BCUT2D eigenvalue weighted by Gasteiger charge is -2.23. The first-order valence-electron chi connectivity index (χ1n) is 7.24. The van der Waals surface area contributed by atoms with Crippen molar-refractivity contribution < 1.29 is 40.6 Å². The van der Waals surface area contributed by atoms with Gasteiger partial charge in [0.2, 0.25) is 11.8 Å². The van der Waals surface area contributed by atoms with Gasteiger partial charge in [0.1, 0.15) is 5.56 Å². The number of esters is 1. The minimum atomic E-state index is -5.90. The lowest BCUT2D eigenvalue weighted by Crippen LogP contribution is -2.35. The molecule has 11 heteroatoms. The van der Waals surface area contributed by atoms with Gasteiger partial charge in [0, 0.05) is 6.20 Å². The zero-order valence-electron chi connectivity index (χ0n) is 14.1. The number of rotatable bonds is 4. The van der Waals surface area contributed by atoms with Crippen molar-refractivity contribution >= 4 is 5.97 Å². The summed E-state index contributed by atoms with van der Waals surface area (Å²) in [5.41, 5.74) is -2.92. The summed E-state index contributed by atoms with van der Waals surface area (Å²) in [6, 6.07) is 2.06. The van der Waals surface area contributed by atoms with Crippen molar-refractivity contribution in [3.05, 3.63) is 46.7 Å². The van der Waals surface area contributed by atoms with Crippen LogP contribution in [0.5, 0.6) is 11.6 Å². The maximum atomic E-state index is 13.7. The Balaban J connectivity index is 2.63. The second-order valence-electron chi connectivity index (χ2n) is 5.36. The Labute approximate surface area is 148 Å². The molecular weight excluding hydrogens is 382 g/mol. The molecular formula is C16H12F6N2O3. The smallest absolute Gasteiger partial charge is 0.458 e. The highest BCUT2D eigenvalue weighted by molar-refractivity contribution is 5.94. The molecule has 2 aromatic heterocycles. The van der Waals surface area contributed by atoms with Crippen molar-refractivity contribution in [2.24, 2.45) is 0 Å². The van der Waals surface area contributed by atoms with Gasteiger partial charge in [-0.3, -0.25) is 0 Å². The quantitative estimate of drug-likeness (QED) is 0.435. The van der Waals surface area contributed by atoms with Crippen LogP contribution in [0.4, 0.5) is 26.3 Å². The molecule has 0 saturated carbocycles.